The molecule has 2 fully saturated rings. The Kier molecular flexibility index (Phi) is 4.24. The van der Waals surface area contributed by atoms with Crippen LogP contribution in [0, 0.1) is 23.7 Å². The van der Waals surface area contributed by atoms with E-state index in [9.17, 15) is 0 Å². The van der Waals surface area contributed by atoms with Gasteiger partial charge in [0.05, 0.1) is 0 Å². The van der Waals surface area contributed by atoms with Gasteiger partial charge in [0.1, 0.15) is 0 Å². The van der Waals surface area contributed by atoms with Gasteiger partial charge in [0.15, 0.2) is 0 Å². The smallest absolute Gasteiger partial charge is 0.0208 e. The molecule has 0 aromatic heterocycles. The Morgan fingerprint density at radius 1 is 1.15 bits per heavy atom. The minimum atomic E-state index is 0. The standard InChI is InChI=1S/C18H27N.ClH/c1-13-5-7-14(8-6-13)12-19-16-11-15-9-10-18(16,4)17(15,2)3;/h5-8,15-16,19H,9-12H2,1-4H3;1H/t15-,16+,18+;/m0./s1. The maximum Gasteiger partial charge on any atom is 0.0208 e. The molecule has 1 nitrogen and oxygen atoms in total. The van der Waals surface area contributed by atoms with Gasteiger partial charge >= 0.3 is 0 Å². The Hall–Kier alpha value is -0.530. The fraction of sp³-hybridized carbons (Fsp3) is 0.667. The van der Waals surface area contributed by atoms with Crippen molar-refractivity contribution in [2.75, 3.05) is 0 Å². The molecule has 112 valence electrons. The van der Waals surface area contributed by atoms with Gasteiger partial charge in [0, 0.05) is 12.6 Å². The van der Waals surface area contributed by atoms with Gasteiger partial charge in [0.2, 0.25) is 0 Å². The van der Waals surface area contributed by atoms with Gasteiger partial charge < -0.3 is 5.32 Å². The molecule has 2 bridgehead atoms. The maximum atomic E-state index is 3.84. The van der Waals surface area contributed by atoms with Crippen LogP contribution in [0.1, 0.15) is 51.2 Å². The van der Waals surface area contributed by atoms with Crippen LogP contribution in [0.2, 0.25) is 0 Å². The van der Waals surface area contributed by atoms with Crippen LogP contribution in [-0.4, -0.2) is 6.04 Å². The molecule has 1 N–H and O–H groups in total. The highest BCUT2D eigenvalue weighted by Gasteiger charge is 2.60. The summed E-state index contributed by atoms with van der Waals surface area (Å²) >= 11 is 0. The van der Waals surface area contributed by atoms with Crippen molar-refractivity contribution in [2.24, 2.45) is 16.7 Å². The van der Waals surface area contributed by atoms with Gasteiger partial charge in [0.25, 0.3) is 0 Å². The minimum absolute atomic E-state index is 0. The normalized spacial score (nSPS) is 34.0. The summed E-state index contributed by atoms with van der Waals surface area (Å²) < 4.78 is 0. The molecule has 0 unspecified atom stereocenters. The molecular formula is C18H28ClN. The van der Waals surface area contributed by atoms with Crippen molar-refractivity contribution in [1.82, 2.24) is 5.32 Å². The topological polar surface area (TPSA) is 12.0 Å². The van der Waals surface area contributed by atoms with E-state index >= 15 is 0 Å². The second kappa shape index (κ2) is 5.35. The molecule has 1 aromatic carbocycles. The second-order valence-electron chi connectivity index (χ2n) is 7.53. The Morgan fingerprint density at radius 2 is 1.80 bits per heavy atom. The van der Waals surface area contributed by atoms with E-state index in [-0.39, 0.29) is 12.4 Å². The van der Waals surface area contributed by atoms with E-state index in [0.717, 1.165) is 12.5 Å². The van der Waals surface area contributed by atoms with E-state index in [1.165, 1.54) is 30.4 Å². The number of benzene rings is 1. The summed E-state index contributed by atoms with van der Waals surface area (Å²) in [5.74, 6) is 0.924. The van der Waals surface area contributed by atoms with Crippen LogP contribution in [0.3, 0.4) is 0 Å². The summed E-state index contributed by atoms with van der Waals surface area (Å²) in [5.41, 5.74) is 3.76. The average molecular weight is 294 g/mol. The van der Waals surface area contributed by atoms with Crippen molar-refractivity contribution in [2.45, 2.75) is 59.5 Å². The van der Waals surface area contributed by atoms with Crippen LogP contribution < -0.4 is 5.32 Å². The van der Waals surface area contributed by atoms with Crippen LogP contribution in [0.5, 0.6) is 0 Å². The molecule has 2 heteroatoms. The molecule has 0 amide bonds. The third-order valence-corrected chi connectivity index (χ3v) is 6.47. The molecular weight excluding hydrogens is 266 g/mol. The molecule has 0 saturated heterocycles. The summed E-state index contributed by atoms with van der Waals surface area (Å²) in [7, 11) is 0. The third-order valence-electron chi connectivity index (χ3n) is 6.47. The molecule has 2 aliphatic carbocycles. The lowest BCUT2D eigenvalue weighted by molar-refractivity contribution is 0.120. The predicted octanol–water partition coefficient (Wildman–Crippen LogP) is 4.72. The Bertz CT molecular complexity index is 465. The summed E-state index contributed by atoms with van der Waals surface area (Å²) in [5, 5.41) is 3.84. The molecule has 0 heterocycles. The first-order valence-electron chi connectivity index (χ1n) is 7.72. The SMILES string of the molecule is Cc1ccc(CN[C@@H]2C[C@@H]3CC[C@@]2(C)C3(C)C)cc1.Cl. The van der Waals surface area contributed by atoms with Crippen LogP contribution in [0.25, 0.3) is 0 Å². The highest BCUT2D eigenvalue weighted by molar-refractivity contribution is 5.85. The molecule has 3 rings (SSSR count). The largest absolute Gasteiger partial charge is 0.309 e. The first-order valence-corrected chi connectivity index (χ1v) is 7.72. The maximum absolute atomic E-state index is 3.84. The van der Waals surface area contributed by atoms with Crippen LogP contribution in [0.15, 0.2) is 24.3 Å². The number of fused-ring (bicyclic) bond motifs is 2. The molecule has 0 radical (unpaired) electrons. The number of hydrogen-bond acceptors (Lipinski definition) is 1. The van der Waals surface area contributed by atoms with Gasteiger partial charge in [-0.3, -0.25) is 0 Å². The van der Waals surface area contributed by atoms with E-state index in [1.807, 2.05) is 0 Å². The highest BCUT2D eigenvalue weighted by Crippen LogP contribution is 2.65. The molecule has 1 aromatic rings. The van der Waals surface area contributed by atoms with Crippen molar-refractivity contribution in [3.05, 3.63) is 35.4 Å². The fourth-order valence-corrected chi connectivity index (χ4v) is 4.46. The van der Waals surface area contributed by atoms with Crippen molar-refractivity contribution < 1.29 is 0 Å². The van der Waals surface area contributed by atoms with Crippen molar-refractivity contribution in [3.63, 3.8) is 0 Å². The van der Waals surface area contributed by atoms with E-state index < -0.39 is 0 Å². The minimum Gasteiger partial charge on any atom is -0.309 e. The molecule has 2 saturated carbocycles. The quantitative estimate of drug-likeness (QED) is 0.850. The lowest BCUT2D eigenvalue weighted by Gasteiger charge is -2.39. The zero-order chi connectivity index (χ0) is 13.7. The predicted molar refractivity (Wildman–Crippen MR) is 88.3 cm³/mol. The first kappa shape index (κ1) is 15.9. The average Bonchev–Trinajstić information content (AvgIpc) is 2.71. The van der Waals surface area contributed by atoms with E-state index in [2.05, 4.69) is 57.3 Å². The van der Waals surface area contributed by atoms with E-state index in [1.54, 1.807) is 0 Å². The number of aryl methyl sites for hydroxylation is 1. The number of halogens is 1. The number of rotatable bonds is 3. The number of hydrogen-bond donors (Lipinski definition) is 1. The van der Waals surface area contributed by atoms with Gasteiger partial charge in [-0.15, -0.1) is 12.4 Å². The lowest BCUT2D eigenvalue weighted by atomic mass is 9.69. The molecule has 3 atom stereocenters. The van der Waals surface area contributed by atoms with Gasteiger partial charge in [-0.1, -0.05) is 50.6 Å². The van der Waals surface area contributed by atoms with Crippen LogP contribution >= 0.6 is 12.4 Å². The monoisotopic (exact) mass is 293 g/mol. The highest BCUT2D eigenvalue weighted by atomic mass is 35.5. The molecule has 0 aliphatic heterocycles. The number of nitrogens with one attached hydrogen (secondary N) is 1. The zero-order valence-electron chi connectivity index (χ0n) is 13.2. The first-order chi connectivity index (χ1) is 8.93. The van der Waals surface area contributed by atoms with Crippen molar-refractivity contribution >= 4 is 12.4 Å². The summed E-state index contributed by atoms with van der Waals surface area (Å²) in [4.78, 5) is 0. The van der Waals surface area contributed by atoms with Gasteiger partial charge in [-0.25, -0.2) is 0 Å². The van der Waals surface area contributed by atoms with Crippen molar-refractivity contribution in [3.8, 4) is 0 Å². The Morgan fingerprint density at radius 3 is 2.30 bits per heavy atom. The van der Waals surface area contributed by atoms with Crippen LogP contribution in [0.4, 0.5) is 0 Å². The molecule has 20 heavy (non-hydrogen) atoms. The van der Waals surface area contributed by atoms with Crippen molar-refractivity contribution in [1.29, 1.82) is 0 Å². The van der Waals surface area contributed by atoms with E-state index in [4.69, 9.17) is 0 Å². The Balaban J connectivity index is 0.00000147. The zero-order valence-corrected chi connectivity index (χ0v) is 14.0. The van der Waals surface area contributed by atoms with Gasteiger partial charge in [-0.05, 0) is 48.5 Å². The fourth-order valence-electron chi connectivity index (χ4n) is 4.46. The lowest BCUT2D eigenvalue weighted by Crippen LogP contribution is -2.44. The summed E-state index contributed by atoms with van der Waals surface area (Å²) in [6.07, 6.45) is 4.21. The summed E-state index contributed by atoms with van der Waals surface area (Å²) in [6.45, 7) is 10.6. The second-order valence-corrected chi connectivity index (χ2v) is 7.53. The van der Waals surface area contributed by atoms with E-state index in [0.29, 0.717) is 16.9 Å². The molecule has 0 spiro atoms. The Labute approximate surface area is 130 Å². The van der Waals surface area contributed by atoms with Gasteiger partial charge in [-0.2, -0.15) is 0 Å². The summed E-state index contributed by atoms with van der Waals surface area (Å²) in [6, 6.07) is 9.63. The molecule has 2 aliphatic rings. The third kappa shape index (κ3) is 2.29. The van der Waals surface area contributed by atoms with Crippen LogP contribution in [-0.2, 0) is 6.54 Å².